The predicted octanol–water partition coefficient (Wildman–Crippen LogP) is 3.54. The molecule has 0 saturated heterocycles. The fourth-order valence-electron chi connectivity index (χ4n) is 2.89. The minimum atomic E-state index is -0.724. The molecule has 3 rings (SSSR count). The molecule has 27 heavy (non-hydrogen) atoms. The largest absolute Gasteiger partial charge is 0.502 e. The monoisotopic (exact) mass is 409 g/mol. The Labute approximate surface area is 163 Å². The summed E-state index contributed by atoms with van der Waals surface area (Å²) in [4.78, 5) is 30.0. The number of phenols is 1. The number of nitro groups is 1. The third-order valence-electron chi connectivity index (χ3n) is 4.22. The van der Waals surface area contributed by atoms with Crippen molar-refractivity contribution in [3.63, 3.8) is 0 Å². The van der Waals surface area contributed by atoms with Gasteiger partial charge >= 0.3 is 11.7 Å². The minimum absolute atomic E-state index is 0.0912. The highest BCUT2D eigenvalue weighted by molar-refractivity contribution is 7.16. The van der Waals surface area contributed by atoms with E-state index < -0.39 is 22.3 Å². The second kappa shape index (κ2) is 7.63. The summed E-state index contributed by atoms with van der Waals surface area (Å²) in [5.74, 6) is -1.01. The van der Waals surface area contributed by atoms with Crippen LogP contribution in [0.25, 0.3) is 0 Å². The molecular formula is C17H16ClN3O5S. The third-order valence-corrected chi connectivity index (χ3v) is 5.56. The van der Waals surface area contributed by atoms with Gasteiger partial charge in [0, 0.05) is 40.8 Å². The lowest BCUT2D eigenvalue weighted by molar-refractivity contribution is -0.385. The Bertz CT molecular complexity index is 957. The number of rotatable bonds is 4. The lowest BCUT2D eigenvalue weighted by Crippen LogP contribution is -2.26. The second-order valence-corrected chi connectivity index (χ2v) is 7.56. The smallest absolute Gasteiger partial charge is 0.341 e. The number of carbonyl (C=O) groups is 1. The minimum Gasteiger partial charge on any atom is -0.502 e. The average Bonchev–Trinajstić information content (AvgIpc) is 2.98. The van der Waals surface area contributed by atoms with Crippen LogP contribution in [0.2, 0.25) is 5.02 Å². The molecule has 0 spiro atoms. The highest BCUT2D eigenvalue weighted by Crippen LogP contribution is 2.39. The van der Waals surface area contributed by atoms with Gasteiger partial charge in [-0.25, -0.2) is 9.79 Å². The number of nitro benzene ring substituents is 1. The first kappa shape index (κ1) is 19.3. The number of hydrogen-bond donors (Lipinski definition) is 1. The lowest BCUT2D eigenvalue weighted by atomic mass is 10.0. The lowest BCUT2D eigenvalue weighted by Gasteiger charge is -2.22. The summed E-state index contributed by atoms with van der Waals surface area (Å²) in [6.45, 7) is 1.52. The molecule has 0 amide bonds. The van der Waals surface area contributed by atoms with E-state index in [1.807, 2.05) is 7.05 Å². The molecule has 1 N–H and O–H groups in total. The number of nitrogens with zero attached hydrogens (tertiary/aromatic N) is 3. The van der Waals surface area contributed by atoms with Crippen molar-refractivity contribution in [2.24, 2.45) is 4.99 Å². The Morgan fingerprint density at radius 3 is 2.93 bits per heavy atom. The number of esters is 1. The molecule has 8 nitrogen and oxygen atoms in total. The number of aromatic hydroxyl groups is 1. The number of benzene rings is 1. The van der Waals surface area contributed by atoms with Gasteiger partial charge in [-0.05, 0) is 25.1 Å². The molecule has 0 atom stereocenters. The number of halogens is 1. The van der Waals surface area contributed by atoms with Crippen LogP contribution in [0.4, 0.5) is 10.7 Å². The first-order valence-electron chi connectivity index (χ1n) is 7.94. The first-order chi connectivity index (χ1) is 12.8. The fraction of sp³-hybridized carbons (Fsp3) is 0.294. The molecular weight excluding hydrogens is 394 g/mol. The van der Waals surface area contributed by atoms with Gasteiger partial charge in [-0.15, -0.1) is 11.3 Å². The average molecular weight is 410 g/mol. The molecule has 0 saturated carbocycles. The van der Waals surface area contributed by atoms with E-state index in [2.05, 4.69) is 9.89 Å². The van der Waals surface area contributed by atoms with Crippen LogP contribution in [-0.4, -0.2) is 47.8 Å². The number of fused-ring (bicyclic) bond motifs is 1. The summed E-state index contributed by atoms with van der Waals surface area (Å²) in [7, 11) is 3.30. The molecule has 10 heteroatoms. The Morgan fingerprint density at radius 1 is 1.52 bits per heavy atom. The SMILES string of the molecule is COC(=O)c1c(N=Cc2cc(Cl)cc([N+](=O)[O-])c2O)sc2c1CCN(C)C2. The number of ether oxygens (including phenoxy) is 1. The number of aliphatic imine (C=N–C) groups is 1. The molecule has 1 aliphatic heterocycles. The van der Waals surface area contributed by atoms with Crippen molar-refractivity contribution < 1.29 is 19.6 Å². The van der Waals surface area contributed by atoms with Crippen molar-refractivity contribution in [1.29, 1.82) is 0 Å². The van der Waals surface area contributed by atoms with Crippen molar-refractivity contribution >= 4 is 45.8 Å². The molecule has 142 valence electrons. The van der Waals surface area contributed by atoms with Crippen LogP contribution in [0.3, 0.4) is 0 Å². The van der Waals surface area contributed by atoms with Crippen molar-refractivity contribution in [1.82, 2.24) is 4.90 Å². The van der Waals surface area contributed by atoms with Gasteiger partial charge in [0.15, 0.2) is 0 Å². The Kier molecular flexibility index (Phi) is 5.45. The van der Waals surface area contributed by atoms with Crippen molar-refractivity contribution in [2.45, 2.75) is 13.0 Å². The van der Waals surface area contributed by atoms with Crippen LogP contribution in [0.5, 0.6) is 5.75 Å². The molecule has 1 aromatic heterocycles. The predicted molar refractivity (Wildman–Crippen MR) is 103 cm³/mol. The maximum atomic E-state index is 12.3. The van der Waals surface area contributed by atoms with Crippen molar-refractivity contribution in [3.8, 4) is 5.75 Å². The molecule has 1 aliphatic rings. The molecule has 0 fully saturated rings. The van der Waals surface area contributed by atoms with Gasteiger partial charge in [-0.2, -0.15) is 0 Å². The van der Waals surface area contributed by atoms with Gasteiger partial charge in [0.05, 0.1) is 17.6 Å². The normalized spacial score (nSPS) is 14.3. The molecule has 0 unspecified atom stereocenters. The zero-order valence-corrected chi connectivity index (χ0v) is 16.1. The summed E-state index contributed by atoms with van der Waals surface area (Å²) >= 11 is 7.26. The zero-order valence-electron chi connectivity index (χ0n) is 14.6. The summed E-state index contributed by atoms with van der Waals surface area (Å²) in [5, 5.41) is 21.7. The molecule has 2 heterocycles. The van der Waals surface area contributed by atoms with Crippen molar-refractivity contribution in [2.75, 3.05) is 20.7 Å². The first-order valence-corrected chi connectivity index (χ1v) is 9.13. The standard InChI is InChI=1S/C17H16ClN3O5S/c1-20-4-3-11-13(8-20)27-16(14(11)17(23)26-2)19-7-9-5-10(18)6-12(15(9)22)21(24)25/h5-7,22H,3-4,8H2,1-2H3. The Hall–Kier alpha value is -2.49. The van der Waals surface area contributed by atoms with Gasteiger partial charge in [-0.3, -0.25) is 10.1 Å². The molecule has 1 aromatic carbocycles. The van der Waals surface area contributed by atoms with Gasteiger partial charge in [0.2, 0.25) is 5.75 Å². The van der Waals surface area contributed by atoms with E-state index in [0.717, 1.165) is 23.1 Å². The van der Waals surface area contributed by atoms with Crippen LogP contribution < -0.4 is 0 Å². The number of hydrogen-bond acceptors (Lipinski definition) is 8. The van der Waals surface area contributed by atoms with Crippen molar-refractivity contribution in [3.05, 3.63) is 48.8 Å². The van der Waals surface area contributed by atoms with E-state index in [-0.39, 0.29) is 10.6 Å². The Morgan fingerprint density at radius 2 is 2.26 bits per heavy atom. The number of thiophene rings is 1. The van der Waals surface area contributed by atoms with Crippen LogP contribution in [-0.2, 0) is 17.7 Å². The van der Waals surface area contributed by atoms with Crippen LogP contribution in [0, 0.1) is 10.1 Å². The van der Waals surface area contributed by atoms with Gasteiger partial charge < -0.3 is 14.7 Å². The number of carbonyl (C=O) groups excluding carboxylic acids is 1. The maximum absolute atomic E-state index is 12.3. The summed E-state index contributed by atoms with van der Waals surface area (Å²) in [5.41, 5.74) is 0.897. The molecule has 0 aliphatic carbocycles. The third kappa shape index (κ3) is 3.80. The molecule has 0 bridgehead atoms. The van der Waals surface area contributed by atoms with Gasteiger partial charge in [0.1, 0.15) is 5.00 Å². The maximum Gasteiger partial charge on any atom is 0.341 e. The summed E-state index contributed by atoms with van der Waals surface area (Å²) in [6, 6.07) is 2.43. The van der Waals surface area contributed by atoms with Crippen LogP contribution >= 0.6 is 22.9 Å². The van der Waals surface area contributed by atoms with E-state index in [0.29, 0.717) is 23.5 Å². The quantitative estimate of drug-likeness (QED) is 0.358. The second-order valence-electron chi connectivity index (χ2n) is 6.04. The fourth-order valence-corrected chi connectivity index (χ4v) is 4.37. The Balaban J connectivity index is 2.06. The number of phenolic OH excluding ortho intramolecular Hbond substituents is 1. The van der Waals surface area contributed by atoms with Crippen LogP contribution in [0.1, 0.15) is 26.4 Å². The van der Waals surface area contributed by atoms with Crippen LogP contribution in [0.15, 0.2) is 17.1 Å². The van der Waals surface area contributed by atoms with E-state index in [1.54, 1.807) is 0 Å². The van der Waals surface area contributed by atoms with E-state index in [9.17, 15) is 20.0 Å². The van der Waals surface area contributed by atoms with E-state index >= 15 is 0 Å². The summed E-state index contributed by atoms with van der Waals surface area (Å²) < 4.78 is 4.89. The summed E-state index contributed by atoms with van der Waals surface area (Å²) in [6.07, 6.45) is 1.97. The highest BCUT2D eigenvalue weighted by Gasteiger charge is 2.27. The molecule has 0 radical (unpaired) electrons. The molecule has 2 aromatic rings. The highest BCUT2D eigenvalue weighted by atomic mass is 35.5. The van der Waals surface area contributed by atoms with Gasteiger partial charge in [0.25, 0.3) is 0 Å². The number of methoxy groups -OCH3 is 1. The number of likely N-dealkylation sites (N-methyl/N-ethyl adjacent to an activating group) is 1. The van der Waals surface area contributed by atoms with Gasteiger partial charge in [-0.1, -0.05) is 11.6 Å². The van der Waals surface area contributed by atoms with E-state index in [4.69, 9.17) is 16.3 Å². The topological polar surface area (TPSA) is 105 Å². The zero-order chi connectivity index (χ0) is 19.7. The van der Waals surface area contributed by atoms with E-state index in [1.165, 1.54) is 30.7 Å².